The van der Waals surface area contributed by atoms with Crippen molar-refractivity contribution < 1.29 is 4.42 Å². The molecule has 2 heterocycles. The maximum absolute atomic E-state index is 6.41. The zero-order valence-corrected chi connectivity index (χ0v) is 22.2. The number of benzene rings is 6. The van der Waals surface area contributed by atoms with E-state index in [0.29, 0.717) is 5.84 Å². The first-order valence-electron chi connectivity index (χ1n) is 13.8. The second-order valence-corrected chi connectivity index (χ2v) is 10.2. The quantitative estimate of drug-likeness (QED) is 0.248. The number of furan rings is 1. The summed E-state index contributed by atoms with van der Waals surface area (Å²) in [5, 5.41) is 8.07. The number of nitrogens with zero attached hydrogens (tertiary/aromatic N) is 2. The Kier molecular flexibility index (Phi) is 5.49. The molecule has 41 heavy (non-hydrogen) atoms. The molecule has 0 fully saturated rings. The molecule has 0 amide bonds. The fourth-order valence-corrected chi connectivity index (χ4v) is 5.85. The van der Waals surface area contributed by atoms with E-state index in [0.717, 1.165) is 66.4 Å². The third-order valence-electron chi connectivity index (χ3n) is 7.75. The monoisotopic (exact) mass is 527 g/mol. The molecular weight excluding hydrogens is 502 g/mol. The Labute approximate surface area is 237 Å². The Morgan fingerprint density at radius 3 is 1.95 bits per heavy atom. The summed E-state index contributed by atoms with van der Waals surface area (Å²) in [5.41, 5.74) is 7.04. The number of hydrogen-bond acceptors (Lipinski definition) is 4. The molecule has 1 unspecified atom stereocenters. The lowest BCUT2D eigenvalue weighted by Gasteiger charge is -2.24. The highest BCUT2D eigenvalue weighted by Crippen LogP contribution is 2.39. The van der Waals surface area contributed by atoms with E-state index in [4.69, 9.17) is 14.4 Å². The molecule has 0 bridgehead atoms. The van der Waals surface area contributed by atoms with Gasteiger partial charge >= 0.3 is 0 Å². The van der Waals surface area contributed by atoms with Crippen molar-refractivity contribution in [3.05, 3.63) is 156 Å². The maximum atomic E-state index is 6.41. The Morgan fingerprint density at radius 2 is 1.15 bits per heavy atom. The summed E-state index contributed by atoms with van der Waals surface area (Å²) in [6.07, 6.45) is -0.292. The molecule has 4 nitrogen and oxygen atoms in total. The Hall–Kier alpha value is -5.48. The lowest BCUT2D eigenvalue weighted by molar-refractivity contribution is 0.668. The molecule has 7 aromatic rings. The molecule has 8 rings (SSSR count). The zero-order valence-electron chi connectivity index (χ0n) is 22.2. The van der Waals surface area contributed by atoms with Gasteiger partial charge in [-0.3, -0.25) is 0 Å². The van der Waals surface area contributed by atoms with Crippen LogP contribution in [0.15, 0.2) is 154 Å². The highest BCUT2D eigenvalue weighted by Gasteiger charge is 2.25. The molecular formula is C37H25N3O. The van der Waals surface area contributed by atoms with Crippen LogP contribution in [0.2, 0.25) is 0 Å². The van der Waals surface area contributed by atoms with Gasteiger partial charge in [0.25, 0.3) is 0 Å². The van der Waals surface area contributed by atoms with Crippen molar-refractivity contribution in [3.63, 3.8) is 0 Å². The minimum atomic E-state index is -0.292. The standard InChI is InChI=1S/C37H25N3O/c1-3-12-25(13-4-1)28-19-10-22-31-33(28)34-30(21-11-23-32(34)41-31)37-39-35(26-15-5-2-6-16-26)38-36(40-37)29-20-9-17-24-14-7-8-18-27(24)29/h1-23,35H,(H,38,39,40). The number of amidine groups is 2. The van der Waals surface area contributed by atoms with Gasteiger partial charge in [0, 0.05) is 21.9 Å². The molecule has 4 heteroatoms. The predicted molar refractivity (Wildman–Crippen MR) is 168 cm³/mol. The van der Waals surface area contributed by atoms with E-state index in [9.17, 15) is 0 Å². The van der Waals surface area contributed by atoms with Crippen LogP contribution in [0.4, 0.5) is 0 Å². The highest BCUT2D eigenvalue weighted by atomic mass is 16.3. The van der Waals surface area contributed by atoms with Crippen molar-refractivity contribution in [1.29, 1.82) is 0 Å². The summed E-state index contributed by atoms with van der Waals surface area (Å²) in [6, 6.07) is 48.0. The van der Waals surface area contributed by atoms with Crippen LogP contribution in [-0.4, -0.2) is 11.7 Å². The normalized spacial score (nSPS) is 15.1. The SMILES string of the molecule is c1ccc(-c2cccc3oc4cccc(C5=NC(c6cccc7ccccc67)=NC(c6ccccc6)N5)c4c23)cc1. The first-order valence-corrected chi connectivity index (χ1v) is 13.8. The van der Waals surface area contributed by atoms with Gasteiger partial charge in [-0.1, -0.05) is 127 Å². The second kappa shape index (κ2) is 9.61. The summed E-state index contributed by atoms with van der Waals surface area (Å²) in [6.45, 7) is 0. The van der Waals surface area contributed by atoms with E-state index < -0.39 is 0 Å². The Balaban J connectivity index is 1.38. The van der Waals surface area contributed by atoms with Gasteiger partial charge in [0.05, 0.1) is 0 Å². The predicted octanol–water partition coefficient (Wildman–Crippen LogP) is 8.90. The Bertz CT molecular complexity index is 2120. The maximum Gasteiger partial charge on any atom is 0.160 e. The molecule has 1 aliphatic heterocycles. The second-order valence-electron chi connectivity index (χ2n) is 10.2. The van der Waals surface area contributed by atoms with Crippen LogP contribution in [0, 0.1) is 0 Å². The van der Waals surface area contributed by atoms with Gasteiger partial charge in [-0.25, -0.2) is 9.98 Å². The van der Waals surface area contributed by atoms with Gasteiger partial charge in [-0.2, -0.15) is 0 Å². The molecule has 0 spiro atoms. The molecule has 0 aliphatic carbocycles. The Morgan fingerprint density at radius 1 is 0.537 bits per heavy atom. The molecule has 0 radical (unpaired) electrons. The third kappa shape index (κ3) is 4.00. The minimum Gasteiger partial charge on any atom is -0.456 e. The molecule has 194 valence electrons. The molecule has 1 aliphatic rings. The topological polar surface area (TPSA) is 49.9 Å². The number of aliphatic imine (C=N–C) groups is 2. The van der Waals surface area contributed by atoms with E-state index in [2.05, 4.69) is 102 Å². The minimum absolute atomic E-state index is 0.292. The lowest BCUT2D eigenvalue weighted by Crippen LogP contribution is -2.33. The van der Waals surface area contributed by atoms with Crippen molar-refractivity contribution in [2.75, 3.05) is 0 Å². The average Bonchev–Trinajstić information content (AvgIpc) is 3.44. The fourth-order valence-electron chi connectivity index (χ4n) is 5.85. The van der Waals surface area contributed by atoms with Gasteiger partial charge in [0.15, 0.2) is 5.84 Å². The first kappa shape index (κ1) is 23.4. The molecule has 0 saturated heterocycles. The van der Waals surface area contributed by atoms with E-state index >= 15 is 0 Å². The van der Waals surface area contributed by atoms with Gasteiger partial charge < -0.3 is 9.73 Å². The molecule has 1 atom stereocenters. The number of nitrogens with one attached hydrogen (secondary N) is 1. The summed E-state index contributed by atoms with van der Waals surface area (Å²) in [7, 11) is 0. The average molecular weight is 528 g/mol. The van der Waals surface area contributed by atoms with Gasteiger partial charge in [-0.15, -0.1) is 0 Å². The van der Waals surface area contributed by atoms with Crippen LogP contribution in [0.25, 0.3) is 43.8 Å². The van der Waals surface area contributed by atoms with Crippen molar-refractivity contribution >= 4 is 44.4 Å². The summed E-state index contributed by atoms with van der Waals surface area (Å²) < 4.78 is 6.41. The third-order valence-corrected chi connectivity index (χ3v) is 7.75. The first-order chi connectivity index (χ1) is 20.3. The van der Waals surface area contributed by atoms with Crippen LogP contribution in [-0.2, 0) is 0 Å². The van der Waals surface area contributed by atoms with Crippen LogP contribution in [0.5, 0.6) is 0 Å². The van der Waals surface area contributed by atoms with Gasteiger partial charge in [0.1, 0.15) is 23.2 Å². The van der Waals surface area contributed by atoms with Crippen LogP contribution < -0.4 is 5.32 Å². The molecule has 0 saturated carbocycles. The van der Waals surface area contributed by atoms with Crippen LogP contribution in [0.1, 0.15) is 22.9 Å². The van der Waals surface area contributed by atoms with E-state index in [1.807, 2.05) is 42.5 Å². The summed E-state index contributed by atoms with van der Waals surface area (Å²) in [5.74, 6) is 1.48. The van der Waals surface area contributed by atoms with Gasteiger partial charge in [0.2, 0.25) is 0 Å². The number of fused-ring (bicyclic) bond motifs is 4. The highest BCUT2D eigenvalue weighted by molar-refractivity contribution is 6.25. The number of hydrogen-bond donors (Lipinski definition) is 1. The largest absolute Gasteiger partial charge is 0.456 e. The zero-order chi connectivity index (χ0) is 27.2. The lowest BCUT2D eigenvalue weighted by atomic mass is 9.96. The van der Waals surface area contributed by atoms with Crippen LogP contribution in [0.3, 0.4) is 0 Å². The van der Waals surface area contributed by atoms with E-state index in [1.165, 1.54) is 0 Å². The van der Waals surface area contributed by atoms with Crippen molar-refractivity contribution in [2.24, 2.45) is 9.98 Å². The van der Waals surface area contributed by atoms with Crippen molar-refractivity contribution in [1.82, 2.24) is 5.32 Å². The van der Waals surface area contributed by atoms with Crippen molar-refractivity contribution in [2.45, 2.75) is 6.17 Å². The fraction of sp³-hybridized carbons (Fsp3) is 0.0270. The number of rotatable bonds is 4. The summed E-state index contributed by atoms with van der Waals surface area (Å²) in [4.78, 5) is 10.3. The molecule has 1 N–H and O–H groups in total. The summed E-state index contributed by atoms with van der Waals surface area (Å²) >= 11 is 0. The molecule has 6 aromatic carbocycles. The molecule has 1 aromatic heterocycles. The van der Waals surface area contributed by atoms with Crippen molar-refractivity contribution in [3.8, 4) is 11.1 Å². The van der Waals surface area contributed by atoms with Crippen LogP contribution >= 0.6 is 0 Å². The van der Waals surface area contributed by atoms with E-state index in [1.54, 1.807) is 0 Å². The smallest absolute Gasteiger partial charge is 0.160 e. The van der Waals surface area contributed by atoms with Gasteiger partial charge in [-0.05, 0) is 39.6 Å². The van der Waals surface area contributed by atoms with E-state index in [-0.39, 0.29) is 6.17 Å².